The first-order valence-corrected chi connectivity index (χ1v) is 8.23. The normalized spacial score (nSPS) is 16.6. The van der Waals surface area contributed by atoms with Crippen molar-refractivity contribution < 1.29 is 9.21 Å². The molecule has 4 rings (SSSR count). The minimum Gasteiger partial charge on any atom is -0.469 e. The zero-order chi connectivity index (χ0) is 16.4. The van der Waals surface area contributed by atoms with E-state index in [1.807, 2.05) is 47.3 Å². The molecule has 2 aromatic heterocycles. The third-order valence-corrected chi connectivity index (χ3v) is 4.48. The summed E-state index contributed by atoms with van der Waals surface area (Å²) in [5, 5.41) is 7.32. The molecule has 2 heterocycles. The molecule has 0 spiro atoms. The van der Waals surface area contributed by atoms with E-state index in [1.165, 1.54) is 0 Å². The number of rotatable bonds is 4. The molecule has 24 heavy (non-hydrogen) atoms. The van der Waals surface area contributed by atoms with Crippen molar-refractivity contribution in [2.24, 2.45) is 0 Å². The highest BCUT2D eigenvalue weighted by atomic mass is 16.3. The largest absolute Gasteiger partial charge is 0.469 e. The zero-order valence-corrected chi connectivity index (χ0v) is 13.3. The van der Waals surface area contributed by atoms with Crippen molar-refractivity contribution in [1.29, 1.82) is 0 Å². The Bertz CT molecular complexity index is 819. The monoisotopic (exact) mass is 321 g/mol. The van der Waals surface area contributed by atoms with E-state index in [1.54, 1.807) is 12.5 Å². The molecule has 0 saturated carbocycles. The van der Waals surface area contributed by atoms with Crippen LogP contribution in [0.25, 0.3) is 0 Å². The van der Waals surface area contributed by atoms with Gasteiger partial charge in [-0.3, -0.25) is 9.48 Å². The molecule has 5 nitrogen and oxygen atoms in total. The molecule has 1 aliphatic carbocycles. The fourth-order valence-electron chi connectivity index (χ4n) is 3.22. The van der Waals surface area contributed by atoms with E-state index in [9.17, 15) is 4.79 Å². The Balaban J connectivity index is 1.44. The van der Waals surface area contributed by atoms with Gasteiger partial charge in [-0.1, -0.05) is 12.1 Å². The maximum absolute atomic E-state index is 12.5. The van der Waals surface area contributed by atoms with Crippen molar-refractivity contribution in [3.05, 3.63) is 77.5 Å². The Hall–Kier alpha value is -2.82. The molecular weight excluding hydrogens is 302 g/mol. The first kappa shape index (κ1) is 14.8. The van der Waals surface area contributed by atoms with E-state index < -0.39 is 0 Å². The van der Waals surface area contributed by atoms with E-state index in [-0.39, 0.29) is 11.9 Å². The van der Waals surface area contributed by atoms with E-state index in [0.717, 1.165) is 36.1 Å². The second kappa shape index (κ2) is 6.35. The number of nitrogens with zero attached hydrogens (tertiary/aromatic N) is 2. The SMILES string of the molecule is O=C(NC1CCCc2occc21)c1ccc(Cn2cccn2)cc1. The van der Waals surface area contributed by atoms with Crippen LogP contribution < -0.4 is 5.32 Å². The van der Waals surface area contributed by atoms with Crippen molar-refractivity contribution in [1.82, 2.24) is 15.1 Å². The smallest absolute Gasteiger partial charge is 0.251 e. The molecule has 122 valence electrons. The average molecular weight is 321 g/mol. The predicted octanol–water partition coefficient (Wildman–Crippen LogP) is 3.33. The molecule has 1 N–H and O–H groups in total. The van der Waals surface area contributed by atoms with Crippen LogP contribution in [0, 0.1) is 0 Å². The van der Waals surface area contributed by atoms with Crippen LogP contribution in [0.2, 0.25) is 0 Å². The molecule has 1 aliphatic rings. The molecule has 0 saturated heterocycles. The van der Waals surface area contributed by atoms with Crippen LogP contribution in [-0.4, -0.2) is 15.7 Å². The van der Waals surface area contributed by atoms with Crippen LogP contribution in [-0.2, 0) is 13.0 Å². The van der Waals surface area contributed by atoms with Crippen LogP contribution in [0.1, 0.15) is 46.1 Å². The van der Waals surface area contributed by atoms with Gasteiger partial charge in [-0.25, -0.2) is 0 Å². The Morgan fingerprint density at radius 1 is 1.29 bits per heavy atom. The summed E-state index contributed by atoms with van der Waals surface area (Å²) in [5.41, 5.74) is 2.91. The topological polar surface area (TPSA) is 60.1 Å². The van der Waals surface area contributed by atoms with Crippen molar-refractivity contribution in [2.45, 2.75) is 31.8 Å². The van der Waals surface area contributed by atoms with Gasteiger partial charge in [0, 0.05) is 29.9 Å². The Kier molecular flexibility index (Phi) is 3.91. The quantitative estimate of drug-likeness (QED) is 0.802. The molecule has 1 amide bonds. The highest BCUT2D eigenvalue weighted by molar-refractivity contribution is 5.94. The van der Waals surface area contributed by atoms with Crippen LogP contribution in [0.15, 0.2) is 59.5 Å². The number of carbonyl (C=O) groups is 1. The maximum atomic E-state index is 12.5. The van der Waals surface area contributed by atoms with Crippen molar-refractivity contribution >= 4 is 5.91 Å². The summed E-state index contributed by atoms with van der Waals surface area (Å²) in [6, 6.07) is 11.6. The summed E-state index contributed by atoms with van der Waals surface area (Å²) in [6.07, 6.45) is 8.34. The van der Waals surface area contributed by atoms with Gasteiger partial charge < -0.3 is 9.73 Å². The fourth-order valence-corrected chi connectivity index (χ4v) is 3.22. The van der Waals surface area contributed by atoms with E-state index >= 15 is 0 Å². The molecule has 1 atom stereocenters. The standard InChI is InChI=1S/C19H19N3O2/c23-19(21-17-3-1-4-18-16(17)9-12-24-18)15-7-5-14(6-8-15)13-22-11-2-10-20-22/h2,5-12,17H,1,3-4,13H2,(H,21,23). The second-order valence-electron chi connectivity index (χ2n) is 6.12. The number of aromatic nitrogens is 2. The highest BCUT2D eigenvalue weighted by Crippen LogP contribution is 2.30. The van der Waals surface area contributed by atoms with Crippen LogP contribution in [0.4, 0.5) is 0 Å². The number of carbonyl (C=O) groups excluding carboxylic acids is 1. The Morgan fingerprint density at radius 2 is 2.17 bits per heavy atom. The van der Waals surface area contributed by atoms with Crippen LogP contribution >= 0.6 is 0 Å². The number of furan rings is 1. The van der Waals surface area contributed by atoms with Crippen molar-refractivity contribution in [3.8, 4) is 0 Å². The number of benzene rings is 1. The van der Waals surface area contributed by atoms with Gasteiger partial charge in [-0.2, -0.15) is 5.10 Å². The number of amides is 1. The van der Waals surface area contributed by atoms with Gasteiger partial charge in [-0.15, -0.1) is 0 Å². The summed E-state index contributed by atoms with van der Waals surface area (Å²) in [5.74, 6) is 0.959. The molecule has 3 aromatic rings. The van der Waals surface area contributed by atoms with Gasteiger partial charge in [0.05, 0.1) is 18.8 Å². The molecule has 5 heteroatoms. The number of fused-ring (bicyclic) bond motifs is 1. The van der Waals surface area contributed by atoms with Gasteiger partial charge >= 0.3 is 0 Å². The first-order chi connectivity index (χ1) is 11.8. The third-order valence-electron chi connectivity index (χ3n) is 4.48. The Labute approximate surface area is 140 Å². The van der Waals surface area contributed by atoms with Crippen LogP contribution in [0.3, 0.4) is 0 Å². The number of aryl methyl sites for hydroxylation is 1. The second-order valence-corrected chi connectivity index (χ2v) is 6.12. The minimum absolute atomic E-state index is 0.0420. The molecule has 1 unspecified atom stereocenters. The number of hydrogen-bond donors (Lipinski definition) is 1. The van der Waals surface area contributed by atoms with Gasteiger partial charge in [0.25, 0.3) is 5.91 Å². The van der Waals surface area contributed by atoms with Crippen molar-refractivity contribution in [2.75, 3.05) is 0 Å². The van der Waals surface area contributed by atoms with Gasteiger partial charge in [0.15, 0.2) is 0 Å². The summed E-state index contributed by atoms with van der Waals surface area (Å²) < 4.78 is 7.34. The highest BCUT2D eigenvalue weighted by Gasteiger charge is 2.24. The van der Waals surface area contributed by atoms with Gasteiger partial charge in [0.1, 0.15) is 5.76 Å². The summed E-state index contributed by atoms with van der Waals surface area (Å²) in [4.78, 5) is 12.5. The lowest BCUT2D eigenvalue weighted by molar-refractivity contribution is 0.0932. The molecule has 1 aromatic carbocycles. The molecular formula is C19H19N3O2. The van der Waals surface area contributed by atoms with Gasteiger partial charge in [-0.05, 0) is 42.7 Å². The van der Waals surface area contributed by atoms with Gasteiger partial charge in [0.2, 0.25) is 0 Å². The minimum atomic E-state index is -0.0420. The lowest BCUT2D eigenvalue weighted by Crippen LogP contribution is -2.30. The van der Waals surface area contributed by atoms with Crippen LogP contribution in [0.5, 0.6) is 0 Å². The lowest BCUT2D eigenvalue weighted by atomic mass is 9.93. The molecule has 0 aliphatic heterocycles. The van der Waals surface area contributed by atoms with E-state index in [4.69, 9.17) is 4.42 Å². The molecule has 0 bridgehead atoms. The molecule has 0 fully saturated rings. The maximum Gasteiger partial charge on any atom is 0.251 e. The fraction of sp³-hybridized carbons (Fsp3) is 0.263. The summed E-state index contributed by atoms with van der Waals surface area (Å²) >= 11 is 0. The third kappa shape index (κ3) is 2.97. The first-order valence-electron chi connectivity index (χ1n) is 8.23. The number of nitrogens with one attached hydrogen (secondary N) is 1. The Morgan fingerprint density at radius 3 is 2.96 bits per heavy atom. The van der Waals surface area contributed by atoms with E-state index in [0.29, 0.717) is 12.1 Å². The van der Waals surface area contributed by atoms with E-state index in [2.05, 4.69) is 10.4 Å². The van der Waals surface area contributed by atoms with Crippen molar-refractivity contribution in [3.63, 3.8) is 0 Å². The number of hydrogen-bond acceptors (Lipinski definition) is 3. The summed E-state index contributed by atoms with van der Waals surface area (Å²) in [7, 11) is 0. The lowest BCUT2D eigenvalue weighted by Gasteiger charge is -2.22. The predicted molar refractivity (Wildman–Crippen MR) is 89.6 cm³/mol. The average Bonchev–Trinajstić information content (AvgIpc) is 3.27. The summed E-state index contributed by atoms with van der Waals surface area (Å²) in [6.45, 7) is 0.704. The zero-order valence-electron chi connectivity index (χ0n) is 13.3. The molecule has 0 radical (unpaired) electrons.